The van der Waals surface area contributed by atoms with E-state index in [0.29, 0.717) is 60.4 Å². The maximum Gasteiger partial charge on any atom is 0.258 e. The minimum atomic E-state index is -0.471. The summed E-state index contributed by atoms with van der Waals surface area (Å²) < 4.78 is 18.8. The molecule has 9 nitrogen and oxygen atoms in total. The summed E-state index contributed by atoms with van der Waals surface area (Å²) in [5, 5.41) is 4.08. The van der Waals surface area contributed by atoms with Crippen molar-refractivity contribution in [3.63, 3.8) is 0 Å². The van der Waals surface area contributed by atoms with Gasteiger partial charge in [0, 0.05) is 31.7 Å². The van der Waals surface area contributed by atoms with Crippen molar-refractivity contribution in [2.75, 3.05) is 36.4 Å². The van der Waals surface area contributed by atoms with Crippen LogP contribution in [0.15, 0.2) is 23.1 Å². The van der Waals surface area contributed by atoms with Crippen LogP contribution in [0, 0.1) is 12.7 Å². The summed E-state index contributed by atoms with van der Waals surface area (Å²) in [6, 6.07) is 0. The molecule has 3 aromatic heterocycles. The molecule has 1 aliphatic heterocycles. The van der Waals surface area contributed by atoms with Gasteiger partial charge >= 0.3 is 0 Å². The molecule has 1 N–H and O–H groups in total. The molecule has 0 atom stereocenters. The Kier molecular flexibility index (Phi) is 4.30. The second-order valence-corrected chi connectivity index (χ2v) is 8.10. The quantitative estimate of drug-likeness (QED) is 0.699. The Balaban J connectivity index is 1.39. The lowest BCUT2D eigenvalue weighted by atomic mass is 10.1. The van der Waals surface area contributed by atoms with Crippen molar-refractivity contribution >= 4 is 28.8 Å². The zero-order chi connectivity index (χ0) is 20.9. The summed E-state index contributed by atoms with van der Waals surface area (Å²) in [4.78, 5) is 33.8. The maximum atomic E-state index is 13.4. The highest BCUT2D eigenvalue weighted by Gasteiger charge is 2.39. The molecule has 3 aromatic rings. The molecule has 156 valence electrons. The predicted octanol–water partition coefficient (Wildman–Crippen LogP) is 2.39. The molecule has 30 heavy (non-hydrogen) atoms. The number of aryl methyl sites for hydroxylation is 1. The minimum Gasteiger partial charge on any atom is -0.442 e. The van der Waals surface area contributed by atoms with E-state index in [9.17, 15) is 9.18 Å². The fraction of sp³-hybridized carbons (Fsp3) is 0.450. The van der Waals surface area contributed by atoms with Crippen LogP contribution in [-0.4, -0.2) is 62.5 Å². The molecule has 1 amide bonds. The Morgan fingerprint density at radius 1 is 1.13 bits per heavy atom. The number of carbonyl (C=O) groups excluding carboxylic acids is 1. The van der Waals surface area contributed by atoms with Crippen molar-refractivity contribution < 1.29 is 13.6 Å². The first kappa shape index (κ1) is 18.7. The Morgan fingerprint density at radius 2 is 1.83 bits per heavy atom. The van der Waals surface area contributed by atoms with Gasteiger partial charge in [-0.1, -0.05) is 0 Å². The van der Waals surface area contributed by atoms with E-state index in [1.807, 2.05) is 4.90 Å². The Bertz CT molecular complexity index is 1100. The molecule has 0 unspecified atom stereocenters. The zero-order valence-electron chi connectivity index (χ0n) is 16.9. The van der Waals surface area contributed by atoms with Crippen LogP contribution in [0.3, 0.4) is 0 Å². The summed E-state index contributed by atoms with van der Waals surface area (Å²) in [6.45, 7) is 6.03. The Morgan fingerprint density at radius 3 is 2.50 bits per heavy atom. The third kappa shape index (κ3) is 3.31. The van der Waals surface area contributed by atoms with Crippen molar-refractivity contribution in [2.24, 2.45) is 0 Å². The molecule has 0 radical (unpaired) electrons. The van der Waals surface area contributed by atoms with Gasteiger partial charge in [-0.3, -0.25) is 4.79 Å². The lowest BCUT2D eigenvalue weighted by molar-refractivity contribution is 0.0746. The molecule has 4 heterocycles. The van der Waals surface area contributed by atoms with Gasteiger partial charge in [0.25, 0.3) is 5.91 Å². The predicted molar refractivity (Wildman–Crippen MR) is 108 cm³/mol. The molecule has 0 bridgehead atoms. The van der Waals surface area contributed by atoms with Crippen molar-refractivity contribution in [1.82, 2.24) is 24.8 Å². The normalized spacial score (nSPS) is 18.0. The van der Waals surface area contributed by atoms with Crippen LogP contribution >= 0.6 is 0 Å². The van der Waals surface area contributed by atoms with Gasteiger partial charge in [-0.25, -0.2) is 24.3 Å². The SMILES string of the molecule is Cc1oc2ncnc(NC3(C)CC3)c2c1C(=O)N1CCN(c2ncc(F)cn2)CC1. The van der Waals surface area contributed by atoms with Crippen LogP contribution in [0.25, 0.3) is 11.1 Å². The molecule has 0 aromatic carbocycles. The maximum absolute atomic E-state index is 13.4. The van der Waals surface area contributed by atoms with E-state index >= 15 is 0 Å². The second kappa shape index (κ2) is 6.89. The average molecular weight is 411 g/mol. The fourth-order valence-electron chi connectivity index (χ4n) is 3.73. The largest absolute Gasteiger partial charge is 0.442 e. The average Bonchev–Trinajstić information content (AvgIpc) is 3.36. The van der Waals surface area contributed by atoms with E-state index in [4.69, 9.17) is 4.42 Å². The number of nitrogens with one attached hydrogen (secondary N) is 1. The lowest BCUT2D eigenvalue weighted by Gasteiger charge is -2.34. The number of carbonyl (C=O) groups is 1. The topological polar surface area (TPSA) is 100 Å². The van der Waals surface area contributed by atoms with Gasteiger partial charge in [-0.05, 0) is 26.7 Å². The second-order valence-electron chi connectivity index (χ2n) is 8.10. The van der Waals surface area contributed by atoms with Crippen LogP contribution in [0.4, 0.5) is 16.2 Å². The summed E-state index contributed by atoms with van der Waals surface area (Å²) in [6.07, 6.45) is 5.87. The number of anilines is 2. The molecule has 5 rings (SSSR count). The highest BCUT2D eigenvalue weighted by atomic mass is 19.1. The summed E-state index contributed by atoms with van der Waals surface area (Å²) in [5.74, 6) is 1.06. The van der Waals surface area contributed by atoms with Crippen LogP contribution in [0.5, 0.6) is 0 Å². The molecule has 0 spiro atoms. The smallest absolute Gasteiger partial charge is 0.258 e. The van der Waals surface area contributed by atoms with Gasteiger partial charge in [0.15, 0.2) is 5.82 Å². The first-order chi connectivity index (χ1) is 14.4. The van der Waals surface area contributed by atoms with Crippen LogP contribution < -0.4 is 10.2 Å². The number of aromatic nitrogens is 4. The van der Waals surface area contributed by atoms with Crippen LogP contribution in [-0.2, 0) is 0 Å². The van der Waals surface area contributed by atoms with Crippen molar-refractivity contribution in [1.29, 1.82) is 0 Å². The third-order valence-corrected chi connectivity index (χ3v) is 5.75. The van der Waals surface area contributed by atoms with E-state index in [0.717, 1.165) is 25.2 Å². The number of furan rings is 1. The summed E-state index contributed by atoms with van der Waals surface area (Å²) in [7, 11) is 0. The lowest BCUT2D eigenvalue weighted by Crippen LogP contribution is -2.49. The standard InChI is InChI=1S/C20H22FN7O2/c1-12-14(15-16(26-20(2)3-4-20)24-11-25-17(15)30-12)18(29)27-5-7-28(8-6-27)19-22-9-13(21)10-23-19/h9-11H,3-8H2,1-2H3,(H,24,25,26). The summed E-state index contributed by atoms with van der Waals surface area (Å²) >= 11 is 0. The molecule has 1 aliphatic carbocycles. The fourth-order valence-corrected chi connectivity index (χ4v) is 3.73. The van der Waals surface area contributed by atoms with Gasteiger partial charge in [0.05, 0.1) is 23.3 Å². The van der Waals surface area contributed by atoms with E-state index in [-0.39, 0.29) is 11.4 Å². The number of fused-ring (bicyclic) bond motifs is 1. The number of halogens is 1. The third-order valence-electron chi connectivity index (χ3n) is 5.75. The molecular formula is C20H22FN7O2. The minimum absolute atomic E-state index is 0.00750. The van der Waals surface area contributed by atoms with Crippen molar-refractivity contribution in [3.05, 3.63) is 35.9 Å². The van der Waals surface area contributed by atoms with Gasteiger partial charge in [0.2, 0.25) is 11.7 Å². The van der Waals surface area contributed by atoms with Gasteiger partial charge in [0.1, 0.15) is 17.9 Å². The van der Waals surface area contributed by atoms with E-state index in [2.05, 4.69) is 32.2 Å². The molecule has 2 fully saturated rings. The zero-order valence-corrected chi connectivity index (χ0v) is 16.9. The number of amides is 1. The first-order valence-corrected chi connectivity index (χ1v) is 9.98. The number of piperazine rings is 1. The first-order valence-electron chi connectivity index (χ1n) is 9.98. The summed E-state index contributed by atoms with van der Waals surface area (Å²) in [5.41, 5.74) is 0.924. The van der Waals surface area contributed by atoms with Crippen LogP contribution in [0.2, 0.25) is 0 Å². The monoisotopic (exact) mass is 411 g/mol. The highest BCUT2D eigenvalue weighted by Crippen LogP contribution is 2.40. The molecule has 1 saturated heterocycles. The number of nitrogens with zero attached hydrogens (tertiary/aromatic N) is 6. The van der Waals surface area contributed by atoms with Crippen LogP contribution in [0.1, 0.15) is 35.9 Å². The molecule has 10 heteroatoms. The molecule has 2 aliphatic rings. The molecular weight excluding hydrogens is 389 g/mol. The van der Waals surface area contributed by atoms with Gasteiger partial charge in [-0.15, -0.1) is 0 Å². The van der Waals surface area contributed by atoms with Gasteiger partial charge < -0.3 is 19.5 Å². The van der Waals surface area contributed by atoms with Crippen molar-refractivity contribution in [2.45, 2.75) is 32.2 Å². The molecule has 1 saturated carbocycles. The number of hydrogen-bond acceptors (Lipinski definition) is 8. The number of hydrogen-bond donors (Lipinski definition) is 1. The Hall–Kier alpha value is -3.30. The van der Waals surface area contributed by atoms with Crippen molar-refractivity contribution in [3.8, 4) is 0 Å². The number of rotatable bonds is 4. The Labute approximate surface area is 172 Å². The van der Waals surface area contributed by atoms with Gasteiger partial charge in [-0.2, -0.15) is 0 Å². The van der Waals surface area contributed by atoms with E-state index in [1.54, 1.807) is 11.8 Å². The highest BCUT2D eigenvalue weighted by molar-refractivity contribution is 6.10. The van der Waals surface area contributed by atoms with E-state index < -0.39 is 5.82 Å². The van der Waals surface area contributed by atoms with E-state index in [1.165, 1.54) is 6.33 Å².